The fourth-order valence-corrected chi connectivity index (χ4v) is 3.44. The summed E-state index contributed by atoms with van der Waals surface area (Å²) in [5.74, 6) is 1.26. The number of hydrogen-bond donors (Lipinski definition) is 0. The van der Waals surface area contributed by atoms with Gasteiger partial charge in [0, 0.05) is 23.1 Å². The van der Waals surface area contributed by atoms with E-state index in [2.05, 4.69) is 11.9 Å². The Bertz CT molecular complexity index is 614. The monoisotopic (exact) mass is 267 g/mol. The van der Waals surface area contributed by atoms with Crippen LogP contribution in [0.5, 0.6) is 0 Å². The van der Waals surface area contributed by atoms with Crippen molar-refractivity contribution in [1.82, 2.24) is 4.98 Å². The predicted octanol–water partition coefficient (Wildman–Crippen LogP) is 4.63. The molecular weight excluding hydrogens is 246 g/mol. The van der Waals surface area contributed by atoms with E-state index in [9.17, 15) is 4.79 Å². The summed E-state index contributed by atoms with van der Waals surface area (Å²) in [6, 6.07) is 9.80. The molecule has 1 fully saturated rings. The maximum atomic E-state index is 12.8. The number of nitrogens with zero attached hydrogens (tertiary/aromatic N) is 1. The maximum absolute atomic E-state index is 12.8. The third-order valence-corrected chi connectivity index (χ3v) is 4.64. The van der Waals surface area contributed by atoms with Crippen molar-refractivity contribution in [3.63, 3.8) is 0 Å². The van der Waals surface area contributed by atoms with Gasteiger partial charge in [-0.15, -0.1) is 0 Å². The second-order valence-electron chi connectivity index (χ2n) is 5.88. The number of pyridine rings is 1. The molecule has 0 spiro atoms. The topological polar surface area (TPSA) is 30.0 Å². The van der Waals surface area contributed by atoms with Crippen LogP contribution >= 0.6 is 0 Å². The molecule has 2 heteroatoms. The Labute approximate surface area is 120 Å². The largest absolute Gasteiger partial charge is 0.294 e. The van der Waals surface area contributed by atoms with Crippen LogP contribution in [0.2, 0.25) is 0 Å². The van der Waals surface area contributed by atoms with Crippen LogP contribution in [0.3, 0.4) is 0 Å². The summed E-state index contributed by atoms with van der Waals surface area (Å²) in [7, 11) is 0. The van der Waals surface area contributed by atoms with E-state index in [1.807, 2.05) is 30.3 Å². The first-order valence-corrected chi connectivity index (χ1v) is 7.67. The number of carbonyl (C=O) groups is 1. The third-order valence-electron chi connectivity index (χ3n) is 4.64. The zero-order valence-electron chi connectivity index (χ0n) is 12.0. The second kappa shape index (κ2) is 5.74. The quantitative estimate of drug-likeness (QED) is 0.759. The number of ketones is 1. The van der Waals surface area contributed by atoms with Crippen LogP contribution in [-0.2, 0) is 0 Å². The molecule has 0 N–H and O–H groups in total. The van der Waals surface area contributed by atoms with Gasteiger partial charge in [0.1, 0.15) is 0 Å². The SMILES string of the molecule is CCC1CCCC(C(=O)c2cccc3ncccc23)C1. The average molecular weight is 267 g/mol. The number of benzene rings is 1. The normalized spacial score (nSPS) is 22.9. The highest BCUT2D eigenvalue weighted by Crippen LogP contribution is 2.34. The van der Waals surface area contributed by atoms with E-state index in [-0.39, 0.29) is 5.92 Å². The van der Waals surface area contributed by atoms with Crippen molar-refractivity contribution in [2.45, 2.75) is 39.0 Å². The molecular formula is C18H21NO. The lowest BCUT2D eigenvalue weighted by molar-refractivity contribution is 0.0864. The van der Waals surface area contributed by atoms with Crippen LogP contribution in [0.1, 0.15) is 49.4 Å². The Morgan fingerprint density at radius 2 is 2.15 bits per heavy atom. The second-order valence-corrected chi connectivity index (χ2v) is 5.88. The van der Waals surface area contributed by atoms with Gasteiger partial charge < -0.3 is 0 Å². The molecule has 1 aliphatic rings. The molecule has 2 aromatic rings. The molecule has 1 aromatic carbocycles. The van der Waals surface area contributed by atoms with E-state index in [4.69, 9.17) is 0 Å². The molecule has 0 aliphatic heterocycles. The molecule has 0 saturated heterocycles. The molecule has 1 saturated carbocycles. The van der Waals surface area contributed by atoms with Crippen molar-refractivity contribution >= 4 is 16.7 Å². The van der Waals surface area contributed by atoms with Crippen molar-refractivity contribution in [2.24, 2.45) is 11.8 Å². The molecule has 0 radical (unpaired) electrons. The van der Waals surface area contributed by atoms with E-state index in [0.29, 0.717) is 5.78 Å². The van der Waals surface area contributed by atoms with Crippen LogP contribution in [0.4, 0.5) is 0 Å². The minimum absolute atomic E-state index is 0.208. The zero-order chi connectivity index (χ0) is 13.9. The number of aromatic nitrogens is 1. The van der Waals surface area contributed by atoms with Crippen molar-refractivity contribution in [3.8, 4) is 0 Å². The van der Waals surface area contributed by atoms with Crippen molar-refractivity contribution < 1.29 is 4.79 Å². The molecule has 20 heavy (non-hydrogen) atoms. The lowest BCUT2D eigenvalue weighted by Crippen LogP contribution is -2.23. The average Bonchev–Trinajstić information content (AvgIpc) is 2.53. The first kappa shape index (κ1) is 13.3. The van der Waals surface area contributed by atoms with Gasteiger partial charge in [-0.1, -0.05) is 44.4 Å². The van der Waals surface area contributed by atoms with Crippen LogP contribution in [0.15, 0.2) is 36.5 Å². The first-order valence-electron chi connectivity index (χ1n) is 7.67. The first-order chi connectivity index (χ1) is 9.79. The molecule has 1 aliphatic carbocycles. The lowest BCUT2D eigenvalue weighted by Gasteiger charge is -2.27. The molecule has 2 unspecified atom stereocenters. The highest BCUT2D eigenvalue weighted by atomic mass is 16.1. The van der Waals surface area contributed by atoms with Gasteiger partial charge in [-0.25, -0.2) is 0 Å². The predicted molar refractivity (Wildman–Crippen MR) is 81.8 cm³/mol. The van der Waals surface area contributed by atoms with E-state index in [1.54, 1.807) is 6.20 Å². The molecule has 1 aromatic heterocycles. The Morgan fingerprint density at radius 3 is 3.00 bits per heavy atom. The van der Waals surface area contributed by atoms with Gasteiger partial charge in [-0.05, 0) is 30.9 Å². The molecule has 1 heterocycles. The molecule has 3 rings (SSSR count). The van der Waals surface area contributed by atoms with E-state index in [0.717, 1.165) is 35.2 Å². The minimum atomic E-state index is 0.208. The maximum Gasteiger partial charge on any atom is 0.166 e. The molecule has 0 bridgehead atoms. The summed E-state index contributed by atoms with van der Waals surface area (Å²) < 4.78 is 0. The third kappa shape index (κ3) is 2.47. The highest BCUT2D eigenvalue weighted by molar-refractivity contribution is 6.08. The van der Waals surface area contributed by atoms with Gasteiger partial charge in [0.05, 0.1) is 5.52 Å². The van der Waals surface area contributed by atoms with Crippen LogP contribution in [0.25, 0.3) is 10.9 Å². The molecule has 0 amide bonds. The van der Waals surface area contributed by atoms with Gasteiger partial charge in [-0.2, -0.15) is 0 Å². The van der Waals surface area contributed by atoms with Crippen molar-refractivity contribution in [2.75, 3.05) is 0 Å². The lowest BCUT2D eigenvalue weighted by atomic mass is 9.76. The van der Waals surface area contributed by atoms with Gasteiger partial charge in [0.15, 0.2) is 5.78 Å². The molecule has 2 atom stereocenters. The van der Waals surface area contributed by atoms with Crippen LogP contribution < -0.4 is 0 Å². The fraction of sp³-hybridized carbons (Fsp3) is 0.444. The fourth-order valence-electron chi connectivity index (χ4n) is 3.44. The van der Waals surface area contributed by atoms with Gasteiger partial charge in [-0.3, -0.25) is 9.78 Å². The van der Waals surface area contributed by atoms with Crippen molar-refractivity contribution in [1.29, 1.82) is 0 Å². The highest BCUT2D eigenvalue weighted by Gasteiger charge is 2.27. The zero-order valence-corrected chi connectivity index (χ0v) is 12.0. The van der Waals surface area contributed by atoms with Crippen LogP contribution in [0, 0.1) is 11.8 Å². The van der Waals surface area contributed by atoms with E-state index in [1.165, 1.54) is 19.3 Å². The van der Waals surface area contributed by atoms with E-state index >= 15 is 0 Å². The standard InChI is InChI=1S/C18H21NO/c1-2-13-6-3-7-14(12-13)18(20)16-8-4-10-17-15(16)9-5-11-19-17/h4-5,8-11,13-14H,2-3,6-7,12H2,1H3. The summed E-state index contributed by atoms with van der Waals surface area (Å²) in [6.07, 6.45) is 7.57. The Hall–Kier alpha value is -1.70. The summed E-state index contributed by atoms with van der Waals surface area (Å²) in [5.41, 5.74) is 1.78. The Kier molecular flexibility index (Phi) is 3.81. The van der Waals surface area contributed by atoms with Crippen LogP contribution in [-0.4, -0.2) is 10.8 Å². The number of hydrogen-bond acceptors (Lipinski definition) is 2. The number of rotatable bonds is 3. The van der Waals surface area contributed by atoms with Gasteiger partial charge in [0.25, 0.3) is 0 Å². The number of Topliss-reactive ketones (excluding diaryl/α,β-unsaturated/α-hetero) is 1. The van der Waals surface area contributed by atoms with E-state index < -0.39 is 0 Å². The molecule has 104 valence electrons. The summed E-state index contributed by atoms with van der Waals surface area (Å²) in [5, 5.41) is 0.999. The Morgan fingerprint density at radius 1 is 1.25 bits per heavy atom. The van der Waals surface area contributed by atoms with Gasteiger partial charge >= 0.3 is 0 Å². The van der Waals surface area contributed by atoms with Gasteiger partial charge in [0.2, 0.25) is 0 Å². The summed E-state index contributed by atoms with van der Waals surface area (Å²) in [6.45, 7) is 2.24. The smallest absolute Gasteiger partial charge is 0.166 e. The Balaban J connectivity index is 1.92. The number of fused-ring (bicyclic) bond motifs is 1. The summed E-state index contributed by atoms with van der Waals surface area (Å²) in [4.78, 5) is 17.2. The minimum Gasteiger partial charge on any atom is -0.294 e. The number of carbonyl (C=O) groups excluding carboxylic acids is 1. The molecule has 2 nitrogen and oxygen atoms in total. The van der Waals surface area contributed by atoms with Crippen molar-refractivity contribution in [3.05, 3.63) is 42.1 Å². The summed E-state index contributed by atoms with van der Waals surface area (Å²) >= 11 is 0.